The molecule has 1 fully saturated rings. The smallest absolute Gasteiger partial charge is 0.284 e. The highest BCUT2D eigenvalue weighted by Crippen LogP contribution is 2.30. The van der Waals surface area contributed by atoms with E-state index in [1.165, 1.54) is 12.5 Å². The normalized spacial score (nSPS) is 21.9. The number of carbonyl (C=O) groups is 1. The summed E-state index contributed by atoms with van der Waals surface area (Å²) in [6, 6.07) is 4.75. The van der Waals surface area contributed by atoms with Crippen molar-refractivity contribution >= 4 is 27.5 Å². The number of nitrogens with zero attached hydrogens (tertiary/aromatic N) is 2. The number of nitro benzene ring substituents is 1. The van der Waals surface area contributed by atoms with Crippen LogP contribution < -0.4 is 0 Å². The number of carbonyl (C=O) groups excluding carboxylic acids is 1. The van der Waals surface area contributed by atoms with E-state index in [-0.39, 0.29) is 17.6 Å². The summed E-state index contributed by atoms with van der Waals surface area (Å²) in [5.41, 5.74) is 0.288. The molecule has 1 aromatic carbocycles. The van der Waals surface area contributed by atoms with Crippen LogP contribution in [0.15, 0.2) is 22.7 Å². The van der Waals surface area contributed by atoms with E-state index in [0.717, 1.165) is 19.3 Å². The standard InChI is InChI=1S/C15H19BrN2O3/c1-10-5-3-4-6-13(10)17(2)15(19)11-7-8-12(16)14(9-11)18(20)21/h7-10,13H,3-6H2,1-2H3. The second kappa shape index (κ2) is 6.56. The highest BCUT2D eigenvalue weighted by molar-refractivity contribution is 9.10. The summed E-state index contributed by atoms with van der Waals surface area (Å²) in [7, 11) is 1.79. The van der Waals surface area contributed by atoms with Crippen LogP contribution in [0.4, 0.5) is 5.69 Å². The minimum atomic E-state index is -0.482. The first-order chi connectivity index (χ1) is 9.91. The van der Waals surface area contributed by atoms with Crippen LogP contribution in [-0.2, 0) is 0 Å². The maximum atomic E-state index is 12.6. The van der Waals surface area contributed by atoms with Gasteiger partial charge in [0.15, 0.2) is 0 Å². The van der Waals surface area contributed by atoms with Gasteiger partial charge in [-0.25, -0.2) is 0 Å². The zero-order valence-electron chi connectivity index (χ0n) is 12.2. The topological polar surface area (TPSA) is 63.5 Å². The Morgan fingerprint density at radius 3 is 2.67 bits per heavy atom. The molecule has 1 aromatic rings. The Morgan fingerprint density at radius 1 is 1.38 bits per heavy atom. The molecule has 0 heterocycles. The molecule has 5 nitrogen and oxygen atoms in total. The highest BCUT2D eigenvalue weighted by atomic mass is 79.9. The first kappa shape index (κ1) is 15.9. The van der Waals surface area contributed by atoms with E-state index in [9.17, 15) is 14.9 Å². The van der Waals surface area contributed by atoms with E-state index in [1.54, 1.807) is 24.1 Å². The molecule has 1 saturated carbocycles. The lowest BCUT2D eigenvalue weighted by Gasteiger charge is -2.36. The number of hydrogen-bond acceptors (Lipinski definition) is 3. The van der Waals surface area contributed by atoms with Gasteiger partial charge in [0, 0.05) is 24.7 Å². The molecule has 1 aliphatic rings. The van der Waals surface area contributed by atoms with Gasteiger partial charge >= 0.3 is 0 Å². The molecule has 2 atom stereocenters. The van der Waals surface area contributed by atoms with E-state index in [0.29, 0.717) is 16.0 Å². The van der Waals surface area contributed by atoms with E-state index < -0.39 is 4.92 Å². The molecule has 2 unspecified atom stereocenters. The molecule has 21 heavy (non-hydrogen) atoms. The zero-order valence-corrected chi connectivity index (χ0v) is 13.8. The lowest BCUT2D eigenvalue weighted by Crippen LogP contribution is -2.42. The number of halogens is 1. The van der Waals surface area contributed by atoms with Crippen LogP contribution >= 0.6 is 15.9 Å². The second-order valence-electron chi connectivity index (χ2n) is 5.67. The first-order valence-corrected chi connectivity index (χ1v) is 7.92. The van der Waals surface area contributed by atoms with Gasteiger partial charge in [-0.2, -0.15) is 0 Å². The van der Waals surface area contributed by atoms with Crippen molar-refractivity contribution in [3.8, 4) is 0 Å². The number of hydrogen-bond donors (Lipinski definition) is 0. The van der Waals surface area contributed by atoms with Gasteiger partial charge in [-0.1, -0.05) is 19.8 Å². The van der Waals surface area contributed by atoms with Crippen molar-refractivity contribution in [3.63, 3.8) is 0 Å². The molecule has 0 bridgehead atoms. The molecule has 6 heteroatoms. The Bertz CT molecular complexity index is 562. The number of amides is 1. The Labute approximate surface area is 132 Å². The van der Waals surface area contributed by atoms with Crippen LogP contribution in [-0.4, -0.2) is 28.8 Å². The molecule has 0 aromatic heterocycles. The van der Waals surface area contributed by atoms with Crippen molar-refractivity contribution < 1.29 is 9.72 Å². The van der Waals surface area contributed by atoms with Crippen molar-refractivity contribution in [3.05, 3.63) is 38.3 Å². The molecule has 0 N–H and O–H groups in total. The molecular weight excluding hydrogens is 336 g/mol. The lowest BCUT2D eigenvalue weighted by molar-refractivity contribution is -0.385. The van der Waals surface area contributed by atoms with Gasteiger partial charge in [0.25, 0.3) is 11.6 Å². The predicted octanol–water partition coefficient (Wildman–Crippen LogP) is 4.01. The van der Waals surface area contributed by atoms with Crippen molar-refractivity contribution in [1.29, 1.82) is 0 Å². The first-order valence-electron chi connectivity index (χ1n) is 7.13. The van der Waals surface area contributed by atoms with Gasteiger partial charge in [0.05, 0.1) is 9.40 Å². The summed E-state index contributed by atoms with van der Waals surface area (Å²) in [6.45, 7) is 2.16. The fourth-order valence-electron chi connectivity index (χ4n) is 3.01. The Morgan fingerprint density at radius 2 is 2.05 bits per heavy atom. The molecule has 0 aliphatic heterocycles. The van der Waals surface area contributed by atoms with Crippen LogP contribution in [0.5, 0.6) is 0 Å². The number of rotatable bonds is 3. The predicted molar refractivity (Wildman–Crippen MR) is 84.3 cm³/mol. The van der Waals surface area contributed by atoms with Crippen molar-refractivity contribution in [2.75, 3.05) is 7.05 Å². The third kappa shape index (κ3) is 3.43. The minimum absolute atomic E-state index is 0.0778. The largest absolute Gasteiger partial charge is 0.338 e. The van der Waals surface area contributed by atoms with Crippen molar-refractivity contribution in [2.24, 2.45) is 5.92 Å². The summed E-state index contributed by atoms with van der Waals surface area (Å²) in [6.07, 6.45) is 4.47. The van der Waals surface area contributed by atoms with Crippen LogP contribution in [0, 0.1) is 16.0 Å². The van der Waals surface area contributed by atoms with Crippen LogP contribution in [0.1, 0.15) is 43.0 Å². The molecular formula is C15H19BrN2O3. The van der Waals surface area contributed by atoms with Crippen molar-refractivity contribution in [2.45, 2.75) is 38.6 Å². The van der Waals surface area contributed by atoms with E-state index >= 15 is 0 Å². The third-order valence-corrected chi connectivity index (χ3v) is 4.94. The molecule has 1 aliphatic carbocycles. The fourth-order valence-corrected chi connectivity index (χ4v) is 3.40. The van der Waals surface area contributed by atoms with E-state index in [1.807, 2.05) is 0 Å². The van der Waals surface area contributed by atoms with E-state index in [4.69, 9.17) is 0 Å². The van der Waals surface area contributed by atoms with Gasteiger partial charge in [0.1, 0.15) is 0 Å². The van der Waals surface area contributed by atoms with Crippen LogP contribution in [0.2, 0.25) is 0 Å². The monoisotopic (exact) mass is 354 g/mol. The lowest BCUT2D eigenvalue weighted by atomic mass is 9.85. The third-order valence-electron chi connectivity index (χ3n) is 4.27. The van der Waals surface area contributed by atoms with Gasteiger partial charge < -0.3 is 4.90 Å². The molecule has 0 radical (unpaired) electrons. The number of nitro groups is 1. The molecule has 114 valence electrons. The van der Waals surface area contributed by atoms with Gasteiger partial charge in [-0.15, -0.1) is 0 Å². The molecule has 2 rings (SSSR count). The summed E-state index contributed by atoms with van der Waals surface area (Å²) in [5.74, 6) is 0.322. The van der Waals surface area contributed by atoms with Crippen LogP contribution in [0.3, 0.4) is 0 Å². The maximum absolute atomic E-state index is 12.6. The highest BCUT2D eigenvalue weighted by Gasteiger charge is 2.29. The Kier molecular flexibility index (Phi) is 4.98. The van der Waals surface area contributed by atoms with Gasteiger partial charge in [-0.05, 0) is 46.8 Å². The molecule has 0 spiro atoms. The quantitative estimate of drug-likeness (QED) is 0.608. The zero-order chi connectivity index (χ0) is 15.6. The van der Waals surface area contributed by atoms with Gasteiger partial charge in [-0.3, -0.25) is 14.9 Å². The molecule has 1 amide bonds. The maximum Gasteiger partial charge on any atom is 0.284 e. The van der Waals surface area contributed by atoms with Crippen LogP contribution in [0.25, 0.3) is 0 Å². The average molecular weight is 355 g/mol. The Balaban J connectivity index is 2.23. The summed E-state index contributed by atoms with van der Waals surface area (Å²) >= 11 is 3.14. The summed E-state index contributed by atoms with van der Waals surface area (Å²) in [4.78, 5) is 24.8. The average Bonchev–Trinajstić information content (AvgIpc) is 2.46. The number of benzene rings is 1. The van der Waals surface area contributed by atoms with Crippen molar-refractivity contribution in [1.82, 2.24) is 4.90 Å². The van der Waals surface area contributed by atoms with E-state index in [2.05, 4.69) is 22.9 Å². The van der Waals surface area contributed by atoms with Gasteiger partial charge in [0.2, 0.25) is 0 Å². The molecule has 0 saturated heterocycles. The summed E-state index contributed by atoms with van der Waals surface area (Å²) in [5, 5.41) is 11.0. The SMILES string of the molecule is CC1CCCCC1N(C)C(=O)c1ccc(Br)c([N+](=O)[O-])c1. The second-order valence-corrected chi connectivity index (χ2v) is 6.52. The summed E-state index contributed by atoms with van der Waals surface area (Å²) < 4.78 is 0.387. The fraction of sp³-hybridized carbons (Fsp3) is 0.533. The minimum Gasteiger partial charge on any atom is -0.338 e. The Hall–Kier alpha value is -1.43.